The Kier molecular flexibility index (Phi) is 2.82. The summed E-state index contributed by atoms with van der Waals surface area (Å²) in [5.41, 5.74) is 6.59. The molecule has 1 aromatic heterocycles. The van der Waals surface area contributed by atoms with E-state index in [4.69, 9.17) is 17.3 Å². The number of nitrogens with zero attached hydrogens (tertiary/aromatic N) is 3. The van der Waals surface area contributed by atoms with Crippen LogP contribution in [0.25, 0.3) is 0 Å². The first kappa shape index (κ1) is 11.1. The molecule has 4 nitrogen and oxygen atoms in total. The van der Waals surface area contributed by atoms with Gasteiger partial charge in [-0.25, -0.2) is 4.98 Å². The van der Waals surface area contributed by atoms with Crippen LogP contribution in [0.5, 0.6) is 0 Å². The van der Waals surface area contributed by atoms with Crippen molar-refractivity contribution in [1.29, 1.82) is 0 Å². The van der Waals surface area contributed by atoms with E-state index >= 15 is 0 Å². The Balaban J connectivity index is 1.80. The van der Waals surface area contributed by atoms with Gasteiger partial charge in [0.15, 0.2) is 5.82 Å². The second kappa shape index (κ2) is 4.33. The second-order valence-electron chi connectivity index (χ2n) is 5.21. The normalized spacial score (nSPS) is 19.4. The minimum Gasteiger partial charge on any atom is -0.394 e. The quantitative estimate of drug-likeness (QED) is 0.818. The molecule has 2 aliphatic carbocycles. The van der Waals surface area contributed by atoms with Crippen molar-refractivity contribution in [3.63, 3.8) is 0 Å². The molecule has 92 valence electrons. The van der Waals surface area contributed by atoms with E-state index in [0.717, 1.165) is 30.7 Å². The van der Waals surface area contributed by atoms with Crippen molar-refractivity contribution in [2.75, 3.05) is 23.7 Å². The van der Waals surface area contributed by atoms with E-state index in [1.807, 2.05) is 0 Å². The number of hydrogen-bond donors (Lipinski definition) is 1. The largest absolute Gasteiger partial charge is 0.394 e. The van der Waals surface area contributed by atoms with Crippen LogP contribution in [-0.4, -0.2) is 23.1 Å². The highest BCUT2D eigenvalue weighted by Crippen LogP contribution is 2.36. The van der Waals surface area contributed by atoms with Crippen LogP contribution in [0.1, 0.15) is 25.7 Å². The molecule has 2 aliphatic rings. The van der Waals surface area contributed by atoms with Crippen LogP contribution in [0.2, 0.25) is 5.28 Å². The second-order valence-corrected chi connectivity index (χ2v) is 5.55. The molecule has 1 heterocycles. The average Bonchev–Trinajstić information content (AvgIpc) is 3.15. The number of rotatable bonds is 5. The maximum atomic E-state index is 5.96. The van der Waals surface area contributed by atoms with Crippen LogP contribution < -0.4 is 10.6 Å². The van der Waals surface area contributed by atoms with E-state index in [1.165, 1.54) is 25.7 Å². The SMILES string of the molecule is Nc1cnc(Cl)nc1N(CC1CC1)CC1CC1. The Bertz CT molecular complexity index is 401. The Labute approximate surface area is 106 Å². The van der Waals surface area contributed by atoms with Crippen molar-refractivity contribution in [2.24, 2.45) is 11.8 Å². The number of nitrogen functional groups attached to an aromatic ring is 1. The van der Waals surface area contributed by atoms with Gasteiger partial charge in [-0.05, 0) is 49.1 Å². The lowest BCUT2D eigenvalue weighted by atomic mass is 10.3. The fourth-order valence-electron chi connectivity index (χ4n) is 2.09. The smallest absolute Gasteiger partial charge is 0.224 e. The summed E-state index contributed by atoms with van der Waals surface area (Å²) in [4.78, 5) is 10.5. The molecule has 2 N–H and O–H groups in total. The molecule has 0 aromatic carbocycles. The summed E-state index contributed by atoms with van der Waals surface area (Å²) in [6.45, 7) is 2.13. The van der Waals surface area contributed by atoms with E-state index in [0.29, 0.717) is 5.69 Å². The zero-order valence-corrected chi connectivity index (χ0v) is 10.5. The lowest BCUT2D eigenvalue weighted by Gasteiger charge is -2.24. The third-order valence-electron chi connectivity index (χ3n) is 3.42. The molecule has 0 radical (unpaired) electrons. The number of aromatic nitrogens is 2. The molecule has 3 rings (SSSR count). The van der Waals surface area contributed by atoms with Crippen LogP contribution in [-0.2, 0) is 0 Å². The van der Waals surface area contributed by atoms with Crippen LogP contribution >= 0.6 is 11.6 Å². The van der Waals surface area contributed by atoms with Gasteiger partial charge in [-0.2, -0.15) is 4.98 Å². The predicted molar refractivity (Wildman–Crippen MR) is 69.1 cm³/mol. The van der Waals surface area contributed by atoms with Gasteiger partial charge >= 0.3 is 0 Å². The Morgan fingerprint density at radius 1 is 1.24 bits per heavy atom. The first-order valence-corrected chi connectivity index (χ1v) is 6.63. The molecule has 0 atom stereocenters. The van der Waals surface area contributed by atoms with Crippen LogP contribution in [0.3, 0.4) is 0 Å². The number of anilines is 2. The highest BCUT2D eigenvalue weighted by atomic mass is 35.5. The van der Waals surface area contributed by atoms with Gasteiger partial charge < -0.3 is 10.6 Å². The topological polar surface area (TPSA) is 55.0 Å². The van der Waals surface area contributed by atoms with Crippen molar-refractivity contribution in [1.82, 2.24) is 9.97 Å². The molecule has 0 spiro atoms. The maximum absolute atomic E-state index is 5.96. The zero-order chi connectivity index (χ0) is 11.8. The van der Waals surface area contributed by atoms with Gasteiger partial charge in [0.2, 0.25) is 5.28 Å². The van der Waals surface area contributed by atoms with E-state index in [2.05, 4.69) is 14.9 Å². The Hall–Kier alpha value is -1.03. The highest BCUT2D eigenvalue weighted by molar-refractivity contribution is 6.28. The average molecular weight is 253 g/mol. The van der Waals surface area contributed by atoms with Gasteiger partial charge in [0.1, 0.15) is 0 Å². The molecule has 17 heavy (non-hydrogen) atoms. The summed E-state index contributed by atoms with van der Waals surface area (Å²) >= 11 is 5.86. The van der Waals surface area contributed by atoms with Crippen LogP contribution in [0, 0.1) is 11.8 Å². The summed E-state index contributed by atoms with van der Waals surface area (Å²) in [7, 11) is 0. The van der Waals surface area contributed by atoms with E-state index < -0.39 is 0 Å². The molecule has 0 bridgehead atoms. The Morgan fingerprint density at radius 2 is 1.82 bits per heavy atom. The third kappa shape index (κ3) is 2.80. The van der Waals surface area contributed by atoms with Gasteiger partial charge in [-0.3, -0.25) is 0 Å². The maximum Gasteiger partial charge on any atom is 0.224 e. The van der Waals surface area contributed by atoms with Crippen molar-refractivity contribution in [3.05, 3.63) is 11.5 Å². The van der Waals surface area contributed by atoms with Crippen molar-refractivity contribution >= 4 is 23.1 Å². The molecule has 5 heteroatoms. The van der Waals surface area contributed by atoms with Gasteiger partial charge in [0, 0.05) is 13.1 Å². The molecule has 0 saturated heterocycles. The third-order valence-corrected chi connectivity index (χ3v) is 3.60. The number of nitrogens with two attached hydrogens (primary N) is 1. The number of hydrogen-bond acceptors (Lipinski definition) is 4. The summed E-state index contributed by atoms with van der Waals surface area (Å²) in [6, 6.07) is 0. The predicted octanol–water partition coefficient (Wildman–Crippen LogP) is 2.34. The van der Waals surface area contributed by atoms with E-state index in [-0.39, 0.29) is 5.28 Å². The molecule has 1 aromatic rings. The van der Waals surface area contributed by atoms with Gasteiger partial charge in [-0.1, -0.05) is 0 Å². The summed E-state index contributed by atoms with van der Waals surface area (Å²) in [5, 5.41) is 0.283. The summed E-state index contributed by atoms with van der Waals surface area (Å²) in [6.07, 6.45) is 6.94. The molecule has 0 unspecified atom stereocenters. The standard InChI is InChI=1S/C12H17ClN4/c13-12-15-5-10(14)11(16-12)17(6-8-1-2-8)7-9-3-4-9/h5,8-9H,1-4,6-7,14H2. The van der Waals surface area contributed by atoms with Crippen molar-refractivity contribution < 1.29 is 0 Å². The summed E-state index contributed by atoms with van der Waals surface area (Å²) < 4.78 is 0. The van der Waals surface area contributed by atoms with Crippen LogP contribution in [0.15, 0.2) is 6.20 Å². The molecule has 2 fully saturated rings. The van der Waals surface area contributed by atoms with Gasteiger partial charge in [-0.15, -0.1) is 0 Å². The van der Waals surface area contributed by atoms with Gasteiger partial charge in [0.05, 0.1) is 11.9 Å². The fraction of sp³-hybridized carbons (Fsp3) is 0.667. The molecule has 0 amide bonds. The monoisotopic (exact) mass is 252 g/mol. The lowest BCUT2D eigenvalue weighted by Crippen LogP contribution is -2.29. The van der Waals surface area contributed by atoms with E-state index in [1.54, 1.807) is 6.20 Å². The lowest BCUT2D eigenvalue weighted by molar-refractivity contribution is 0.671. The highest BCUT2D eigenvalue weighted by Gasteiger charge is 2.30. The molecule has 0 aliphatic heterocycles. The Morgan fingerprint density at radius 3 is 2.35 bits per heavy atom. The molecular formula is C12H17ClN4. The van der Waals surface area contributed by atoms with Crippen molar-refractivity contribution in [2.45, 2.75) is 25.7 Å². The minimum atomic E-state index is 0.283. The first-order chi connectivity index (χ1) is 8.22. The molecule has 2 saturated carbocycles. The van der Waals surface area contributed by atoms with E-state index in [9.17, 15) is 0 Å². The van der Waals surface area contributed by atoms with Gasteiger partial charge in [0.25, 0.3) is 0 Å². The van der Waals surface area contributed by atoms with Crippen LogP contribution in [0.4, 0.5) is 11.5 Å². The fourth-order valence-corrected chi connectivity index (χ4v) is 2.22. The first-order valence-electron chi connectivity index (χ1n) is 6.25. The molecular weight excluding hydrogens is 236 g/mol. The zero-order valence-electron chi connectivity index (χ0n) is 9.77. The minimum absolute atomic E-state index is 0.283. The van der Waals surface area contributed by atoms with Crippen molar-refractivity contribution in [3.8, 4) is 0 Å². The number of halogens is 1. The summed E-state index contributed by atoms with van der Waals surface area (Å²) in [5.74, 6) is 2.47.